The third kappa shape index (κ3) is 4.62. The van der Waals surface area contributed by atoms with E-state index < -0.39 is 0 Å². The number of hydrogen-bond donors (Lipinski definition) is 0. The lowest BCUT2D eigenvalue weighted by Gasteiger charge is -2.09. The first-order valence-electron chi connectivity index (χ1n) is 6.31. The Labute approximate surface area is 110 Å². The molecule has 96 valence electrons. The second-order valence-electron chi connectivity index (χ2n) is 4.55. The van der Waals surface area contributed by atoms with Crippen LogP contribution >= 0.6 is 0 Å². The molecule has 0 radical (unpaired) electrons. The van der Waals surface area contributed by atoms with Gasteiger partial charge < -0.3 is 4.74 Å². The predicted octanol–water partition coefficient (Wildman–Crippen LogP) is 5.11. The highest BCUT2D eigenvalue weighted by Gasteiger charge is 2.00. The number of hydrogen-bond acceptors (Lipinski definition) is 1. The van der Waals surface area contributed by atoms with Gasteiger partial charge in [0.1, 0.15) is 11.5 Å². The summed E-state index contributed by atoms with van der Waals surface area (Å²) >= 11 is 0. The van der Waals surface area contributed by atoms with Crippen LogP contribution in [0.4, 0.5) is 0 Å². The van der Waals surface area contributed by atoms with E-state index in [0.29, 0.717) is 0 Å². The van der Waals surface area contributed by atoms with Gasteiger partial charge in [-0.25, -0.2) is 0 Å². The van der Waals surface area contributed by atoms with Crippen LogP contribution in [0.2, 0.25) is 0 Å². The van der Waals surface area contributed by atoms with Gasteiger partial charge in [0, 0.05) is 0 Å². The summed E-state index contributed by atoms with van der Waals surface area (Å²) < 4.78 is 5.88. The lowest BCUT2D eigenvalue weighted by Crippen LogP contribution is -1.94. The van der Waals surface area contributed by atoms with Crippen molar-refractivity contribution in [2.24, 2.45) is 0 Å². The van der Waals surface area contributed by atoms with Gasteiger partial charge >= 0.3 is 0 Å². The molecule has 0 heterocycles. The third-order valence-corrected chi connectivity index (χ3v) is 2.62. The fourth-order valence-electron chi connectivity index (χ4n) is 1.50. The van der Waals surface area contributed by atoms with E-state index in [4.69, 9.17) is 4.74 Å². The Morgan fingerprint density at radius 2 is 2.00 bits per heavy atom. The smallest absolute Gasteiger partial charge is 0.127 e. The SMILES string of the molecule is C=C(C)/C=C(\C=C/CC)Oc1ccc(C)c(C)c1. The maximum Gasteiger partial charge on any atom is 0.127 e. The molecule has 1 rings (SSSR count). The summed E-state index contributed by atoms with van der Waals surface area (Å²) in [6.45, 7) is 12.1. The van der Waals surface area contributed by atoms with Gasteiger partial charge in [-0.3, -0.25) is 0 Å². The van der Waals surface area contributed by atoms with Gasteiger partial charge in [-0.15, -0.1) is 0 Å². The maximum atomic E-state index is 5.88. The molecular weight excluding hydrogens is 220 g/mol. The van der Waals surface area contributed by atoms with Crippen molar-refractivity contribution < 1.29 is 4.74 Å². The van der Waals surface area contributed by atoms with Gasteiger partial charge in [-0.05, 0) is 62.6 Å². The molecule has 0 aliphatic rings. The fraction of sp³-hybridized carbons (Fsp3) is 0.294. The van der Waals surface area contributed by atoms with Crippen molar-refractivity contribution in [3.8, 4) is 5.75 Å². The van der Waals surface area contributed by atoms with Gasteiger partial charge in [0.05, 0.1) is 0 Å². The molecule has 0 aliphatic heterocycles. The lowest BCUT2D eigenvalue weighted by atomic mass is 10.1. The minimum absolute atomic E-state index is 0.826. The minimum Gasteiger partial charge on any atom is -0.457 e. The summed E-state index contributed by atoms with van der Waals surface area (Å²) in [4.78, 5) is 0. The maximum absolute atomic E-state index is 5.88. The summed E-state index contributed by atoms with van der Waals surface area (Å²) in [5, 5.41) is 0. The van der Waals surface area contributed by atoms with Gasteiger partial charge in [-0.2, -0.15) is 0 Å². The Hall–Kier alpha value is -1.76. The average Bonchev–Trinajstić information content (AvgIpc) is 2.30. The van der Waals surface area contributed by atoms with E-state index in [-0.39, 0.29) is 0 Å². The van der Waals surface area contributed by atoms with Gasteiger partial charge in [0.25, 0.3) is 0 Å². The quantitative estimate of drug-likeness (QED) is 0.515. The van der Waals surface area contributed by atoms with E-state index in [2.05, 4.69) is 45.6 Å². The normalized spacial score (nSPS) is 11.9. The highest BCUT2D eigenvalue weighted by Crippen LogP contribution is 2.19. The molecule has 0 saturated heterocycles. The van der Waals surface area contributed by atoms with Crippen LogP contribution in [0.5, 0.6) is 5.75 Å². The van der Waals surface area contributed by atoms with Crippen LogP contribution < -0.4 is 4.74 Å². The molecule has 0 atom stereocenters. The van der Waals surface area contributed by atoms with Crippen molar-refractivity contribution in [3.05, 3.63) is 65.5 Å². The first-order chi connectivity index (χ1) is 8.52. The first-order valence-corrected chi connectivity index (χ1v) is 6.31. The molecule has 0 amide bonds. The molecule has 0 N–H and O–H groups in total. The Morgan fingerprint density at radius 3 is 2.56 bits per heavy atom. The van der Waals surface area contributed by atoms with Crippen molar-refractivity contribution in [2.75, 3.05) is 0 Å². The largest absolute Gasteiger partial charge is 0.457 e. The van der Waals surface area contributed by atoms with E-state index in [9.17, 15) is 0 Å². The summed E-state index contributed by atoms with van der Waals surface area (Å²) in [7, 11) is 0. The molecule has 0 unspecified atom stereocenters. The van der Waals surface area contributed by atoms with Crippen LogP contribution in [-0.4, -0.2) is 0 Å². The highest BCUT2D eigenvalue weighted by molar-refractivity contribution is 5.36. The molecule has 0 saturated carbocycles. The Kier molecular flexibility index (Phi) is 5.44. The Balaban J connectivity index is 2.92. The fourth-order valence-corrected chi connectivity index (χ4v) is 1.50. The van der Waals surface area contributed by atoms with Crippen LogP contribution in [0.1, 0.15) is 31.4 Å². The van der Waals surface area contributed by atoms with Gasteiger partial charge in [0.15, 0.2) is 0 Å². The number of rotatable bonds is 5. The Morgan fingerprint density at radius 1 is 1.28 bits per heavy atom. The standard InChI is InChI=1S/C17H22O/c1-6-7-8-16(11-13(2)3)18-17-10-9-14(4)15(5)12-17/h7-12H,2,6H2,1,3-5H3/b8-7-,16-11+. The van der Waals surface area contributed by atoms with Crippen LogP contribution in [0, 0.1) is 13.8 Å². The summed E-state index contributed by atoms with van der Waals surface area (Å²) in [5.41, 5.74) is 3.49. The molecule has 1 aromatic carbocycles. The molecule has 1 nitrogen and oxygen atoms in total. The van der Waals surface area contributed by atoms with E-state index in [1.807, 2.05) is 25.1 Å². The van der Waals surface area contributed by atoms with Crippen LogP contribution in [0.3, 0.4) is 0 Å². The van der Waals surface area contributed by atoms with Crippen molar-refractivity contribution in [2.45, 2.75) is 34.1 Å². The van der Waals surface area contributed by atoms with E-state index in [0.717, 1.165) is 23.5 Å². The topological polar surface area (TPSA) is 9.23 Å². The number of ether oxygens (including phenoxy) is 1. The van der Waals surface area contributed by atoms with Crippen molar-refractivity contribution in [1.29, 1.82) is 0 Å². The minimum atomic E-state index is 0.826. The van der Waals surface area contributed by atoms with Crippen molar-refractivity contribution >= 4 is 0 Å². The van der Waals surface area contributed by atoms with Gasteiger partial charge in [0.2, 0.25) is 0 Å². The molecule has 0 bridgehead atoms. The lowest BCUT2D eigenvalue weighted by molar-refractivity contribution is 0.443. The second kappa shape index (κ2) is 6.85. The molecule has 1 aromatic rings. The van der Waals surface area contributed by atoms with Crippen LogP contribution in [-0.2, 0) is 0 Å². The van der Waals surface area contributed by atoms with E-state index >= 15 is 0 Å². The molecule has 18 heavy (non-hydrogen) atoms. The molecule has 0 aromatic heterocycles. The predicted molar refractivity (Wildman–Crippen MR) is 78.9 cm³/mol. The molecule has 0 aliphatic carbocycles. The van der Waals surface area contributed by atoms with E-state index in [1.165, 1.54) is 11.1 Å². The number of allylic oxidation sites excluding steroid dienone is 4. The third-order valence-electron chi connectivity index (χ3n) is 2.62. The molecule has 0 fully saturated rings. The zero-order valence-corrected chi connectivity index (χ0v) is 11.8. The van der Waals surface area contributed by atoms with Gasteiger partial charge in [-0.1, -0.05) is 31.2 Å². The summed E-state index contributed by atoms with van der Waals surface area (Å²) in [6, 6.07) is 6.13. The molecule has 1 heteroatoms. The van der Waals surface area contributed by atoms with E-state index in [1.54, 1.807) is 0 Å². The molecular formula is C17H22O. The van der Waals surface area contributed by atoms with Crippen molar-refractivity contribution in [3.63, 3.8) is 0 Å². The number of aryl methyl sites for hydroxylation is 2. The van der Waals surface area contributed by atoms with Crippen molar-refractivity contribution in [1.82, 2.24) is 0 Å². The summed E-state index contributed by atoms with van der Waals surface area (Å²) in [6.07, 6.45) is 7.00. The molecule has 0 spiro atoms. The first kappa shape index (κ1) is 14.3. The Bertz CT molecular complexity index is 478. The monoisotopic (exact) mass is 242 g/mol. The zero-order valence-electron chi connectivity index (χ0n) is 11.8. The zero-order chi connectivity index (χ0) is 13.5. The second-order valence-corrected chi connectivity index (χ2v) is 4.55. The summed E-state index contributed by atoms with van der Waals surface area (Å²) in [5.74, 6) is 1.69. The number of benzene rings is 1. The van der Waals surface area contributed by atoms with Crippen LogP contribution in [0.25, 0.3) is 0 Å². The highest BCUT2D eigenvalue weighted by atomic mass is 16.5. The van der Waals surface area contributed by atoms with Crippen LogP contribution in [0.15, 0.2) is 54.3 Å². The average molecular weight is 242 g/mol.